The van der Waals surface area contributed by atoms with Crippen molar-refractivity contribution in [2.75, 3.05) is 5.32 Å². The SMILES string of the molecule is C[C@H](CCc1ccco1)Nc1nc(C2CCCC2)nc2c1CNC2. The zero-order valence-corrected chi connectivity index (χ0v) is 14.3. The summed E-state index contributed by atoms with van der Waals surface area (Å²) in [5.41, 5.74) is 2.44. The number of aromatic nitrogens is 2. The maximum Gasteiger partial charge on any atom is 0.134 e. The first-order valence-corrected chi connectivity index (χ1v) is 9.19. The number of anilines is 1. The smallest absolute Gasteiger partial charge is 0.134 e. The van der Waals surface area contributed by atoms with Crippen LogP contribution in [0.15, 0.2) is 22.8 Å². The topological polar surface area (TPSA) is 63.0 Å². The quantitative estimate of drug-likeness (QED) is 0.846. The van der Waals surface area contributed by atoms with Crippen molar-refractivity contribution in [2.24, 2.45) is 0 Å². The molecule has 0 spiro atoms. The van der Waals surface area contributed by atoms with E-state index in [2.05, 4.69) is 17.6 Å². The van der Waals surface area contributed by atoms with E-state index in [-0.39, 0.29) is 0 Å². The fraction of sp³-hybridized carbons (Fsp3) is 0.579. The monoisotopic (exact) mass is 326 g/mol. The normalized spacial score (nSPS) is 18.7. The van der Waals surface area contributed by atoms with Gasteiger partial charge in [-0.2, -0.15) is 0 Å². The van der Waals surface area contributed by atoms with Crippen LogP contribution in [0.25, 0.3) is 0 Å². The largest absolute Gasteiger partial charge is 0.469 e. The molecule has 0 saturated heterocycles. The molecule has 24 heavy (non-hydrogen) atoms. The van der Waals surface area contributed by atoms with Crippen LogP contribution >= 0.6 is 0 Å². The second-order valence-electron chi connectivity index (χ2n) is 7.10. The van der Waals surface area contributed by atoms with E-state index >= 15 is 0 Å². The molecule has 5 heteroatoms. The van der Waals surface area contributed by atoms with E-state index in [1.165, 1.54) is 36.9 Å². The molecule has 0 radical (unpaired) electrons. The van der Waals surface area contributed by atoms with Gasteiger partial charge in [-0.15, -0.1) is 0 Å². The molecule has 2 N–H and O–H groups in total. The number of aryl methyl sites for hydroxylation is 1. The van der Waals surface area contributed by atoms with Crippen LogP contribution < -0.4 is 10.6 Å². The highest BCUT2D eigenvalue weighted by Gasteiger charge is 2.25. The molecule has 128 valence electrons. The molecule has 2 aromatic heterocycles. The highest BCUT2D eigenvalue weighted by Crippen LogP contribution is 2.34. The molecule has 1 saturated carbocycles. The summed E-state index contributed by atoms with van der Waals surface area (Å²) in [5, 5.41) is 7.05. The predicted octanol–water partition coefficient (Wildman–Crippen LogP) is 3.76. The van der Waals surface area contributed by atoms with E-state index in [9.17, 15) is 0 Å². The number of nitrogens with zero attached hydrogens (tertiary/aromatic N) is 2. The summed E-state index contributed by atoms with van der Waals surface area (Å²) in [4.78, 5) is 9.79. The van der Waals surface area contributed by atoms with Gasteiger partial charge in [0.05, 0.1) is 12.0 Å². The second-order valence-corrected chi connectivity index (χ2v) is 7.10. The van der Waals surface area contributed by atoms with Gasteiger partial charge < -0.3 is 15.1 Å². The third-order valence-electron chi connectivity index (χ3n) is 5.21. The molecule has 3 heterocycles. The lowest BCUT2D eigenvalue weighted by Gasteiger charge is -2.18. The molecule has 0 aromatic carbocycles. The Bertz CT molecular complexity index is 677. The minimum atomic E-state index is 0.353. The van der Waals surface area contributed by atoms with Crippen molar-refractivity contribution in [3.8, 4) is 0 Å². The Morgan fingerprint density at radius 1 is 1.29 bits per heavy atom. The van der Waals surface area contributed by atoms with Crippen LogP contribution in [0.4, 0.5) is 5.82 Å². The Kier molecular flexibility index (Phi) is 4.52. The fourth-order valence-corrected chi connectivity index (χ4v) is 3.79. The third kappa shape index (κ3) is 3.31. The van der Waals surface area contributed by atoms with Crippen LogP contribution in [0.5, 0.6) is 0 Å². The van der Waals surface area contributed by atoms with E-state index in [1.807, 2.05) is 12.1 Å². The van der Waals surface area contributed by atoms with Crippen molar-refractivity contribution in [1.82, 2.24) is 15.3 Å². The van der Waals surface area contributed by atoms with Crippen LogP contribution in [0.1, 0.15) is 67.8 Å². The Morgan fingerprint density at radius 2 is 2.17 bits per heavy atom. The molecule has 1 fully saturated rings. The average Bonchev–Trinajstić information content (AvgIpc) is 3.33. The molecule has 2 aliphatic rings. The van der Waals surface area contributed by atoms with E-state index in [1.54, 1.807) is 6.26 Å². The van der Waals surface area contributed by atoms with Crippen molar-refractivity contribution >= 4 is 5.82 Å². The summed E-state index contributed by atoms with van der Waals surface area (Å²) >= 11 is 0. The molecule has 2 aromatic rings. The van der Waals surface area contributed by atoms with E-state index in [4.69, 9.17) is 14.4 Å². The fourth-order valence-electron chi connectivity index (χ4n) is 3.79. The number of furan rings is 1. The number of nitrogens with one attached hydrogen (secondary N) is 2. The van der Waals surface area contributed by atoms with Gasteiger partial charge in [0.25, 0.3) is 0 Å². The first-order chi connectivity index (χ1) is 11.8. The van der Waals surface area contributed by atoms with Gasteiger partial charge in [-0.3, -0.25) is 0 Å². The van der Waals surface area contributed by atoms with Crippen molar-refractivity contribution in [3.63, 3.8) is 0 Å². The average molecular weight is 326 g/mol. The summed E-state index contributed by atoms with van der Waals surface area (Å²) in [6.07, 6.45) is 8.81. The number of rotatable bonds is 6. The van der Waals surface area contributed by atoms with E-state index in [0.717, 1.165) is 43.3 Å². The van der Waals surface area contributed by atoms with E-state index in [0.29, 0.717) is 12.0 Å². The van der Waals surface area contributed by atoms with Gasteiger partial charge in [-0.25, -0.2) is 9.97 Å². The summed E-state index contributed by atoms with van der Waals surface area (Å²) in [5.74, 6) is 3.69. The van der Waals surface area contributed by atoms with Crippen LogP contribution in [-0.2, 0) is 19.5 Å². The number of hydrogen-bond donors (Lipinski definition) is 2. The molecule has 1 atom stereocenters. The summed E-state index contributed by atoms with van der Waals surface area (Å²) < 4.78 is 5.43. The highest BCUT2D eigenvalue weighted by molar-refractivity contribution is 5.49. The molecule has 0 bridgehead atoms. The van der Waals surface area contributed by atoms with Gasteiger partial charge in [-0.1, -0.05) is 12.8 Å². The number of hydrogen-bond acceptors (Lipinski definition) is 5. The van der Waals surface area contributed by atoms with Gasteiger partial charge in [-0.05, 0) is 38.3 Å². The first-order valence-electron chi connectivity index (χ1n) is 9.19. The summed E-state index contributed by atoms with van der Waals surface area (Å²) in [6.45, 7) is 3.95. The maximum atomic E-state index is 5.43. The number of fused-ring (bicyclic) bond motifs is 1. The predicted molar refractivity (Wildman–Crippen MR) is 93.9 cm³/mol. The van der Waals surface area contributed by atoms with Crippen LogP contribution in [0, 0.1) is 0 Å². The molecule has 0 amide bonds. The lowest BCUT2D eigenvalue weighted by molar-refractivity contribution is 0.494. The molecule has 0 unspecified atom stereocenters. The van der Waals surface area contributed by atoms with Gasteiger partial charge in [0.1, 0.15) is 17.4 Å². The van der Waals surface area contributed by atoms with Crippen LogP contribution in [0.2, 0.25) is 0 Å². The van der Waals surface area contributed by atoms with Gasteiger partial charge in [0.15, 0.2) is 0 Å². The lowest BCUT2D eigenvalue weighted by atomic mass is 10.1. The van der Waals surface area contributed by atoms with Crippen molar-refractivity contribution < 1.29 is 4.42 Å². The minimum Gasteiger partial charge on any atom is -0.469 e. The zero-order chi connectivity index (χ0) is 16.4. The van der Waals surface area contributed by atoms with Gasteiger partial charge in [0, 0.05) is 37.0 Å². The molecular formula is C19H26N4O. The van der Waals surface area contributed by atoms with Gasteiger partial charge in [0.2, 0.25) is 0 Å². The molecule has 4 rings (SSSR count). The van der Waals surface area contributed by atoms with Crippen molar-refractivity contribution in [2.45, 2.75) is 70.5 Å². The lowest BCUT2D eigenvalue weighted by Crippen LogP contribution is -2.19. The van der Waals surface area contributed by atoms with Crippen LogP contribution in [0.3, 0.4) is 0 Å². The third-order valence-corrected chi connectivity index (χ3v) is 5.21. The molecule has 1 aliphatic carbocycles. The minimum absolute atomic E-state index is 0.353. The molecular weight excluding hydrogens is 300 g/mol. The molecule has 1 aliphatic heterocycles. The molecule has 5 nitrogen and oxygen atoms in total. The van der Waals surface area contributed by atoms with Crippen molar-refractivity contribution in [1.29, 1.82) is 0 Å². The summed E-state index contributed by atoms with van der Waals surface area (Å²) in [7, 11) is 0. The Hall–Kier alpha value is -1.88. The first kappa shape index (κ1) is 15.6. The Balaban J connectivity index is 1.48. The van der Waals surface area contributed by atoms with Crippen LogP contribution in [-0.4, -0.2) is 16.0 Å². The Labute approximate surface area is 143 Å². The van der Waals surface area contributed by atoms with Gasteiger partial charge >= 0.3 is 0 Å². The Morgan fingerprint density at radius 3 is 2.96 bits per heavy atom. The van der Waals surface area contributed by atoms with Crippen molar-refractivity contribution in [3.05, 3.63) is 41.2 Å². The zero-order valence-electron chi connectivity index (χ0n) is 14.3. The highest BCUT2D eigenvalue weighted by atomic mass is 16.3. The maximum absolute atomic E-state index is 5.43. The summed E-state index contributed by atoms with van der Waals surface area (Å²) in [6, 6.07) is 4.34. The second kappa shape index (κ2) is 6.93. The van der Waals surface area contributed by atoms with E-state index < -0.39 is 0 Å². The standard InChI is InChI=1S/C19H26N4O/c1-13(8-9-15-7-4-10-24-15)21-19-16-11-20-12-17(16)22-18(23-19)14-5-2-3-6-14/h4,7,10,13-14,20H,2-3,5-6,8-9,11-12H2,1H3,(H,21,22,23)/t13-/m1/s1.